The van der Waals surface area contributed by atoms with Gasteiger partial charge in [0.05, 0.1) is 5.52 Å². The first-order chi connectivity index (χ1) is 13.9. The van der Waals surface area contributed by atoms with E-state index in [-0.39, 0.29) is 12.5 Å². The van der Waals surface area contributed by atoms with Crippen molar-refractivity contribution in [2.75, 3.05) is 11.9 Å². The number of anilines is 1. The van der Waals surface area contributed by atoms with Crippen LogP contribution in [0.25, 0.3) is 10.9 Å². The van der Waals surface area contributed by atoms with Gasteiger partial charge < -0.3 is 10.6 Å². The van der Waals surface area contributed by atoms with Crippen LogP contribution in [0.4, 0.5) is 5.82 Å². The number of hydrogen-bond donors (Lipinski definition) is 2. The molecule has 0 spiro atoms. The fourth-order valence-corrected chi connectivity index (χ4v) is 3.10. The van der Waals surface area contributed by atoms with Crippen LogP contribution in [0.15, 0.2) is 53.3 Å². The van der Waals surface area contributed by atoms with Crippen molar-refractivity contribution in [2.45, 2.75) is 40.3 Å². The lowest BCUT2D eigenvalue weighted by Gasteiger charge is -2.14. The second-order valence-corrected chi connectivity index (χ2v) is 7.72. The first-order valence-electron chi connectivity index (χ1n) is 9.99. The highest BCUT2D eigenvalue weighted by molar-refractivity contribution is 5.90. The molecule has 0 fully saturated rings. The summed E-state index contributed by atoms with van der Waals surface area (Å²) in [5.41, 5.74) is 2.46. The number of aromatic nitrogens is 2. The molecular formula is C23H28N4O2. The number of nitrogens with one attached hydrogen (secondary N) is 2. The summed E-state index contributed by atoms with van der Waals surface area (Å²) in [5, 5.41) is 6.98. The Bertz CT molecular complexity index is 1040. The number of amides is 1. The van der Waals surface area contributed by atoms with Gasteiger partial charge in [-0.25, -0.2) is 4.79 Å². The maximum atomic E-state index is 12.6. The number of fused-ring (bicyclic) bond motifs is 1. The minimum Gasteiger partial charge on any atom is -0.369 e. The summed E-state index contributed by atoms with van der Waals surface area (Å²) in [7, 11) is 0. The van der Waals surface area contributed by atoms with Crippen molar-refractivity contribution in [1.29, 1.82) is 0 Å². The average Bonchev–Trinajstić information content (AvgIpc) is 2.70. The Hall–Kier alpha value is -3.15. The van der Waals surface area contributed by atoms with E-state index in [9.17, 15) is 9.59 Å². The lowest BCUT2D eigenvalue weighted by Crippen LogP contribution is -2.33. The number of carbonyl (C=O) groups excluding carboxylic acids is 1. The molecule has 3 aromatic rings. The average molecular weight is 393 g/mol. The van der Waals surface area contributed by atoms with Crippen molar-refractivity contribution in [2.24, 2.45) is 5.92 Å². The van der Waals surface area contributed by atoms with E-state index in [4.69, 9.17) is 0 Å². The smallest absolute Gasteiger partial charge is 0.350 e. The van der Waals surface area contributed by atoms with Crippen molar-refractivity contribution < 1.29 is 4.79 Å². The van der Waals surface area contributed by atoms with Gasteiger partial charge in [-0.3, -0.25) is 9.36 Å². The maximum absolute atomic E-state index is 12.6. The molecule has 29 heavy (non-hydrogen) atoms. The maximum Gasteiger partial charge on any atom is 0.350 e. The van der Waals surface area contributed by atoms with Gasteiger partial charge in [0.2, 0.25) is 5.91 Å². The normalized spacial score (nSPS) is 11.0. The van der Waals surface area contributed by atoms with Gasteiger partial charge >= 0.3 is 5.69 Å². The quantitative estimate of drug-likeness (QED) is 0.615. The molecule has 0 aliphatic heterocycles. The SMILES string of the molecule is Cc1ccc(CNC(=O)Cn2c(=O)nc(NCCC(C)C)c3ccccc32)cc1. The topological polar surface area (TPSA) is 76.0 Å². The van der Waals surface area contributed by atoms with Gasteiger partial charge in [0.1, 0.15) is 12.4 Å². The minimum atomic E-state index is -0.429. The second kappa shape index (κ2) is 9.37. The van der Waals surface area contributed by atoms with Crippen LogP contribution in [0.5, 0.6) is 0 Å². The van der Waals surface area contributed by atoms with Crippen LogP contribution in [0.3, 0.4) is 0 Å². The molecule has 0 atom stereocenters. The fraction of sp³-hybridized carbons (Fsp3) is 0.348. The van der Waals surface area contributed by atoms with E-state index in [0.717, 1.165) is 23.9 Å². The molecule has 1 heterocycles. The highest BCUT2D eigenvalue weighted by Crippen LogP contribution is 2.19. The van der Waals surface area contributed by atoms with E-state index in [1.54, 1.807) is 0 Å². The predicted octanol–water partition coefficient (Wildman–Crippen LogP) is 3.48. The lowest BCUT2D eigenvalue weighted by atomic mass is 10.1. The van der Waals surface area contributed by atoms with E-state index < -0.39 is 5.69 Å². The summed E-state index contributed by atoms with van der Waals surface area (Å²) < 4.78 is 1.42. The molecule has 1 aromatic heterocycles. The first-order valence-corrected chi connectivity index (χ1v) is 9.99. The Balaban J connectivity index is 1.76. The van der Waals surface area contributed by atoms with Crippen LogP contribution in [-0.2, 0) is 17.9 Å². The molecule has 6 nitrogen and oxygen atoms in total. The van der Waals surface area contributed by atoms with Gasteiger partial charge in [0.25, 0.3) is 0 Å². The van der Waals surface area contributed by atoms with Crippen molar-refractivity contribution >= 4 is 22.6 Å². The number of para-hydroxylation sites is 1. The summed E-state index contributed by atoms with van der Waals surface area (Å²) in [5.74, 6) is 0.911. The molecule has 1 amide bonds. The number of rotatable bonds is 8. The Morgan fingerprint density at radius 3 is 2.55 bits per heavy atom. The molecular weight excluding hydrogens is 364 g/mol. The molecule has 3 rings (SSSR count). The van der Waals surface area contributed by atoms with E-state index in [0.29, 0.717) is 23.8 Å². The summed E-state index contributed by atoms with van der Waals surface area (Å²) in [6.07, 6.45) is 0.987. The van der Waals surface area contributed by atoms with Crippen LogP contribution < -0.4 is 16.3 Å². The zero-order valence-corrected chi connectivity index (χ0v) is 17.2. The van der Waals surface area contributed by atoms with Gasteiger partial charge in [-0.05, 0) is 37.0 Å². The number of hydrogen-bond acceptors (Lipinski definition) is 4. The fourth-order valence-electron chi connectivity index (χ4n) is 3.10. The van der Waals surface area contributed by atoms with E-state index >= 15 is 0 Å². The van der Waals surface area contributed by atoms with Crippen LogP contribution >= 0.6 is 0 Å². The van der Waals surface area contributed by atoms with Crippen molar-refractivity contribution in [1.82, 2.24) is 14.9 Å². The highest BCUT2D eigenvalue weighted by atomic mass is 16.2. The second-order valence-electron chi connectivity index (χ2n) is 7.72. The molecule has 0 saturated carbocycles. The Labute approximate surface area is 171 Å². The number of aryl methyl sites for hydroxylation is 1. The van der Waals surface area contributed by atoms with Crippen LogP contribution in [-0.4, -0.2) is 22.0 Å². The third kappa shape index (κ3) is 5.44. The van der Waals surface area contributed by atoms with E-state index in [1.165, 1.54) is 10.1 Å². The third-order valence-electron chi connectivity index (χ3n) is 4.81. The van der Waals surface area contributed by atoms with Crippen molar-refractivity contribution in [3.63, 3.8) is 0 Å². The molecule has 0 unspecified atom stereocenters. The van der Waals surface area contributed by atoms with Gasteiger partial charge in [-0.2, -0.15) is 4.98 Å². The van der Waals surface area contributed by atoms with Crippen molar-refractivity contribution in [3.05, 3.63) is 70.1 Å². The summed E-state index contributed by atoms with van der Waals surface area (Å²) in [4.78, 5) is 29.3. The Morgan fingerprint density at radius 2 is 1.83 bits per heavy atom. The van der Waals surface area contributed by atoms with Crippen LogP contribution in [0, 0.1) is 12.8 Å². The minimum absolute atomic E-state index is 0.0650. The largest absolute Gasteiger partial charge is 0.369 e. The van der Waals surface area contributed by atoms with Crippen LogP contribution in [0.2, 0.25) is 0 Å². The summed E-state index contributed by atoms with van der Waals surface area (Å²) >= 11 is 0. The standard InChI is InChI=1S/C23H28N4O2/c1-16(2)12-13-24-22-19-6-4-5-7-20(19)27(23(29)26-22)15-21(28)25-14-18-10-8-17(3)9-11-18/h4-11,16H,12-15H2,1-3H3,(H,25,28)(H,24,26,29). The molecule has 2 aromatic carbocycles. The monoisotopic (exact) mass is 392 g/mol. The number of nitrogens with zero attached hydrogens (tertiary/aromatic N) is 2. The molecule has 0 radical (unpaired) electrons. The highest BCUT2D eigenvalue weighted by Gasteiger charge is 2.13. The molecule has 2 N–H and O–H groups in total. The third-order valence-corrected chi connectivity index (χ3v) is 4.81. The zero-order valence-electron chi connectivity index (χ0n) is 17.2. The molecule has 0 bridgehead atoms. The predicted molar refractivity (Wildman–Crippen MR) is 117 cm³/mol. The molecule has 0 aliphatic carbocycles. The molecule has 6 heteroatoms. The number of benzene rings is 2. The number of carbonyl (C=O) groups is 1. The lowest BCUT2D eigenvalue weighted by molar-refractivity contribution is -0.121. The zero-order chi connectivity index (χ0) is 20.8. The van der Waals surface area contributed by atoms with Gasteiger partial charge in [0, 0.05) is 18.5 Å². The Morgan fingerprint density at radius 1 is 1.10 bits per heavy atom. The summed E-state index contributed by atoms with van der Waals surface area (Å²) in [6, 6.07) is 15.5. The van der Waals surface area contributed by atoms with E-state index in [2.05, 4.69) is 29.5 Å². The molecule has 0 aliphatic rings. The Kier molecular flexibility index (Phi) is 6.65. The summed E-state index contributed by atoms with van der Waals surface area (Å²) in [6.45, 7) is 7.43. The first kappa shape index (κ1) is 20.6. The van der Waals surface area contributed by atoms with E-state index in [1.807, 2.05) is 55.5 Å². The van der Waals surface area contributed by atoms with Gasteiger partial charge in [0.15, 0.2) is 0 Å². The molecule has 152 valence electrons. The van der Waals surface area contributed by atoms with Crippen molar-refractivity contribution in [3.8, 4) is 0 Å². The van der Waals surface area contributed by atoms with Gasteiger partial charge in [-0.1, -0.05) is 55.8 Å². The van der Waals surface area contributed by atoms with Gasteiger partial charge in [-0.15, -0.1) is 0 Å². The van der Waals surface area contributed by atoms with Crippen LogP contribution in [0.1, 0.15) is 31.4 Å². The molecule has 0 saturated heterocycles.